The maximum Gasteiger partial charge on any atom is 0.307 e. The first kappa shape index (κ1) is 21.2. The van der Waals surface area contributed by atoms with Crippen LogP contribution in [0.2, 0.25) is 0 Å². The van der Waals surface area contributed by atoms with Crippen molar-refractivity contribution in [3.05, 3.63) is 66.5 Å². The zero-order valence-electron chi connectivity index (χ0n) is 17.5. The van der Waals surface area contributed by atoms with Gasteiger partial charge in [0.1, 0.15) is 11.9 Å². The van der Waals surface area contributed by atoms with E-state index in [1.54, 1.807) is 24.5 Å². The molecule has 4 N–H and O–H groups in total. The Morgan fingerprint density at radius 3 is 2.81 bits per heavy atom. The van der Waals surface area contributed by atoms with Gasteiger partial charge in [-0.25, -0.2) is 4.98 Å². The van der Waals surface area contributed by atoms with Gasteiger partial charge in [-0.1, -0.05) is 30.3 Å². The molecule has 0 radical (unpaired) electrons. The van der Waals surface area contributed by atoms with Crippen LogP contribution < -0.4 is 20.3 Å². The highest BCUT2D eigenvalue weighted by Crippen LogP contribution is 2.37. The predicted octanol–water partition coefficient (Wildman–Crippen LogP) is 3.09. The SMILES string of the molecule is O=C(O)CC1CN(Cc2ccccc2)c2cc(NC(=O)CCNc3ncc[nH]3)ccc2O1. The summed E-state index contributed by atoms with van der Waals surface area (Å²) >= 11 is 0. The second-order valence-corrected chi connectivity index (χ2v) is 7.55. The molecule has 4 rings (SSSR count). The fraction of sp³-hybridized carbons (Fsp3) is 0.261. The van der Waals surface area contributed by atoms with E-state index in [2.05, 4.69) is 25.5 Å². The second-order valence-electron chi connectivity index (χ2n) is 7.55. The maximum absolute atomic E-state index is 12.4. The third-order valence-corrected chi connectivity index (χ3v) is 5.06. The number of hydrogen-bond donors (Lipinski definition) is 4. The van der Waals surface area contributed by atoms with Gasteiger partial charge in [-0.2, -0.15) is 0 Å². The average Bonchev–Trinajstić information content (AvgIpc) is 3.28. The van der Waals surface area contributed by atoms with E-state index in [0.717, 1.165) is 11.3 Å². The quantitative estimate of drug-likeness (QED) is 0.408. The lowest BCUT2D eigenvalue weighted by molar-refractivity contribution is -0.138. The Labute approximate surface area is 185 Å². The van der Waals surface area contributed by atoms with Crippen molar-refractivity contribution in [1.29, 1.82) is 0 Å². The summed E-state index contributed by atoms with van der Waals surface area (Å²) in [7, 11) is 0. The number of aromatic amines is 1. The largest absolute Gasteiger partial charge is 0.486 e. The van der Waals surface area contributed by atoms with Crippen LogP contribution in [0.4, 0.5) is 17.3 Å². The van der Waals surface area contributed by atoms with Gasteiger partial charge in [0.2, 0.25) is 5.91 Å². The number of anilines is 3. The van der Waals surface area contributed by atoms with Gasteiger partial charge in [0.25, 0.3) is 0 Å². The molecule has 1 aliphatic heterocycles. The molecule has 0 saturated carbocycles. The highest BCUT2D eigenvalue weighted by molar-refractivity contribution is 5.92. The standard InChI is InChI=1S/C23H25N5O4/c29-21(8-9-24-23-25-10-11-26-23)27-17-6-7-20-19(12-17)28(14-16-4-2-1-3-5-16)15-18(32-20)13-22(30)31/h1-7,10-12,18H,8-9,13-15H2,(H,27,29)(H,30,31)(H2,24,25,26). The third-order valence-electron chi connectivity index (χ3n) is 5.06. The van der Waals surface area contributed by atoms with Crippen molar-refractivity contribution in [3.8, 4) is 5.75 Å². The number of hydrogen-bond acceptors (Lipinski definition) is 6. The van der Waals surface area contributed by atoms with Crippen molar-refractivity contribution in [2.75, 3.05) is 28.6 Å². The van der Waals surface area contributed by atoms with Crippen molar-refractivity contribution in [3.63, 3.8) is 0 Å². The number of carbonyl (C=O) groups excluding carboxylic acids is 1. The average molecular weight is 435 g/mol. The zero-order chi connectivity index (χ0) is 22.3. The lowest BCUT2D eigenvalue weighted by Gasteiger charge is -2.36. The first-order valence-corrected chi connectivity index (χ1v) is 10.4. The highest BCUT2D eigenvalue weighted by atomic mass is 16.5. The molecule has 0 aliphatic carbocycles. The van der Waals surface area contributed by atoms with E-state index in [1.807, 2.05) is 36.4 Å². The number of fused-ring (bicyclic) bond motifs is 1. The van der Waals surface area contributed by atoms with Gasteiger partial charge in [-0.3, -0.25) is 9.59 Å². The van der Waals surface area contributed by atoms with Crippen LogP contribution in [0.1, 0.15) is 18.4 Å². The molecule has 32 heavy (non-hydrogen) atoms. The van der Waals surface area contributed by atoms with Gasteiger partial charge in [0, 0.05) is 37.6 Å². The lowest BCUT2D eigenvalue weighted by Crippen LogP contribution is -2.40. The second kappa shape index (κ2) is 9.86. The minimum absolute atomic E-state index is 0.0775. The van der Waals surface area contributed by atoms with Crippen molar-refractivity contribution in [2.45, 2.75) is 25.5 Å². The molecule has 2 heterocycles. The molecule has 1 atom stereocenters. The first-order valence-electron chi connectivity index (χ1n) is 10.4. The van der Waals surface area contributed by atoms with Crippen LogP contribution in [0.25, 0.3) is 0 Å². The molecule has 2 aromatic carbocycles. The van der Waals surface area contributed by atoms with E-state index in [0.29, 0.717) is 37.0 Å². The van der Waals surface area contributed by atoms with Gasteiger partial charge in [-0.15, -0.1) is 0 Å². The van der Waals surface area contributed by atoms with Crippen molar-refractivity contribution in [1.82, 2.24) is 9.97 Å². The van der Waals surface area contributed by atoms with Crippen LogP contribution in [0.15, 0.2) is 60.9 Å². The number of carbonyl (C=O) groups is 2. The minimum Gasteiger partial charge on any atom is -0.486 e. The van der Waals surface area contributed by atoms with E-state index < -0.39 is 12.1 Å². The monoisotopic (exact) mass is 435 g/mol. The summed E-state index contributed by atoms with van der Waals surface area (Å²) in [6, 6.07) is 15.4. The molecule has 1 unspecified atom stereocenters. The smallest absolute Gasteiger partial charge is 0.307 e. The Bertz CT molecular complexity index is 1060. The van der Waals surface area contributed by atoms with Gasteiger partial charge in [0.05, 0.1) is 18.7 Å². The number of nitrogens with one attached hydrogen (secondary N) is 3. The number of carboxylic acids is 1. The van der Waals surface area contributed by atoms with Crippen LogP contribution in [0, 0.1) is 0 Å². The lowest BCUT2D eigenvalue weighted by atomic mass is 10.1. The predicted molar refractivity (Wildman–Crippen MR) is 121 cm³/mol. The molecule has 9 heteroatoms. The number of aromatic nitrogens is 2. The molecule has 1 aromatic heterocycles. The Balaban J connectivity index is 1.45. The molecule has 0 fully saturated rings. The third kappa shape index (κ3) is 5.57. The summed E-state index contributed by atoms with van der Waals surface area (Å²) in [6.45, 7) is 1.50. The topological polar surface area (TPSA) is 120 Å². The number of H-pyrrole nitrogens is 1. The number of carboxylic acid groups (broad SMARTS) is 1. The number of aliphatic carboxylic acids is 1. The van der Waals surface area contributed by atoms with Crippen molar-refractivity contribution >= 4 is 29.2 Å². The highest BCUT2D eigenvalue weighted by Gasteiger charge is 2.28. The zero-order valence-corrected chi connectivity index (χ0v) is 17.5. The van der Waals surface area contributed by atoms with E-state index in [1.165, 1.54) is 0 Å². The van der Waals surface area contributed by atoms with Gasteiger partial charge >= 0.3 is 5.97 Å². The van der Waals surface area contributed by atoms with Crippen LogP contribution in [-0.4, -0.2) is 46.1 Å². The summed E-state index contributed by atoms with van der Waals surface area (Å²) < 4.78 is 5.92. The maximum atomic E-state index is 12.4. The summed E-state index contributed by atoms with van der Waals surface area (Å²) in [6.07, 6.45) is 3.10. The summed E-state index contributed by atoms with van der Waals surface area (Å²) in [4.78, 5) is 32.7. The number of ether oxygens (including phenoxy) is 1. The van der Waals surface area contributed by atoms with Crippen LogP contribution in [0.3, 0.4) is 0 Å². The van der Waals surface area contributed by atoms with Gasteiger partial charge in [0.15, 0.2) is 5.95 Å². The summed E-state index contributed by atoms with van der Waals surface area (Å²) in [5, 5.41) is 15.2. The van der Waals surface area contributed by atoms with Crippen LogP contribution >= 0.6 is 0 Å². The van der Waals surface area contributed by atoms with Crippen molar-refractivity contribution < 1.29 is 19.4 Å². The number of benzene rings is 2. The van der Waals surface area contributed by atoms with Crippen molar-refractivity contribution in [2.24, 2.45) is 0 Å². The molecule has 166 valence electrons. The molecule has 3 aromatic rings. The van der Waals surface area contributed by atoms with Gasteiger partial charge < -0.3 is 30.4 Å². The molecular weight excluding hydrogens is 410 g/mol. The Hall–Kier alpha value is -4.01. The molecular formula is C23H25N5O4. The molecule has 1 amide bonds. The Morgan fingerprint density at radius 1 is 1.22 bits per heavy atom. The summed E-state index contributed by atoms with van der Waals surface area (Å²) in [5.41, 5.74) is 2.58. The number of rotatable bonds is 9. The fourth-order valence-electron chi connectivity index (χ4n) is 3.64. The minimum atomic E-state index is -0.898. The molecule has 9 nitrogen and oxygen atoms in total. The Kier molecular flexibility index (Phi) is 6.54. The Morgan fingerprint density at radius 2 is 2.06 bits per heavy atom. The van der Waals surface area contributed by atoms with Crippen LogP contribution in [-0.2, 0) is 16.1 Å². The number of imidazole rings is 1. The van der Waals surface area contributed by atoms with Gasteiger partial charge in [-0.05, 0) is 23.8 Å². The van der Waals surface area contributed by atoms with E-state index in [-0.39, 0.29) is 18.7 Å². The number of nitrogens with zero attached hydrogens (tertiary/aromatic N) is 2. The normalized spacial score (nSPS) is 14.9. The number of amides is 1. The van der Waals surface area contributed by atoms with E-state index in [4.69, 9.17) is 4.74 Å². The van der Waals surface area contributed by atoms with E-state index in [9.17, 15) is 14.7 Å². The first-order chi connectivity index (χ1) is 15.6. The summed E-state index contributed by atoms with van der Waals surface area (Å²) in [5.74, 6) is 0.205. The molecule has 1 aliphatic rings. The van der Waals surface area contributed by atoms with E-state index >= 15 is 0 Å². The fourth-order valence-corrected chi connectivity index (χ4v) is 3.64. The molecule has 0 spiro atoms. The van der Waals surface area contributed by atoms with Crippen LogP contribution in [0.5, 0.6) is 5.75 Å². The molecule has 0 saturated heterocycles. The molecule has 0 bridgehead atoms.